The summed E-state index contributed by atoms with van der Waals surface area (Å²) in [4.78, 5) is 4.85. The van der Waals surface area contributed by atoms with Crippen LogP contribution in [0.4, 0.5) is 0 Å². The molecule has 5 nitrogen and oxygen atoms in total. The lowest BCUT2D eigenvalue weighted by molar-refractivity contribution is 0.173. The fourth-order valence-corrected chi connectivity index (χ4v) is 5.06. The molecule has 0 saturated carbocycles. The van der Waals surface area contributed by atoms with Gasteiger partial charge < -0.3 is 24.4 Å². The first-order chi connectivity index (χ1) is 16.1. The molecule has 0 aromatic heterocycles. The van der Waals surface area contributed by atoms with Crippen molar-refractivity contribution in [2.75, 3.05) is 52.5 Å². The van der Waals surface area contributed by atoms with Crippen LogP contribution in [0.3, 0.4) is 0 Å². The zero-order valence-corrected chi connectivity index (χ0v) is 20.4. The molecule has 0 bridgehead atoms. The Morgan fingerprint density at radius 1 is 0.879 bits per heavy atom. The van der Waals surface area contributed by atoms with Crippen molar-refractivity contribution < 1.29 is 14.6 Å². The molecule has 2 aromatic rings. The number of β-amino-alcohol motifs (C(OH)–C–C–N with tert-alkyl or cyclic N) is 1. The molecule has 2 fully saturated rings. The molecule has 2 saturated heterocycles. The number of hydrogen-bond donors (Lipinski definition) is 1. The fraction of sp³-hybridized carbons (Fsp3) is 0.571. The van der Waals surface area contributed by atoms with Gasteiger partial charge in [-0.25, -0.2) is 0 Å². The van der Waals surface area contributed by atoms with Crippen molar-refractivity contribution in [1.29, 1.82) is 0 Å². The normalized spacial score (nSPS) is 19.3. The highest BCUT2D eigenvalue weighted by Gasteiger charge is 2.19. The van der Waals surface area contributed by atoms with Crippen LogP contribution in [0, 0.1) is 13.8 Å². The fourth-order valence-electron chi connectivity index (χ4n) is 5.06. The van der Waals surface area contributed by atoms with Gasteiger partial charge in [-0.05, 0) is 99.5 Å². The Balaban J connectivity index is 1.29. The average Bonchev–Trinajstić information content (AvgIpc) is 3.47. The third kappa shape index (κ3) is 6.72. The highest BCUT2D eigenvalue weighted by atomic mass is 16.5. The van der Waals surface area contributed by atoms with E-state index in [1.165, 1.54) is 48.2 Å². The summed E-state index contributed by atoms with van der Waals surface area (Å²) in [6.45, 7) is 12.2. The number of hydrogen-bond acceptors (Lipinski definition) is 5. The van der Waals surface area contributed by atoms with Gasteiger partial charge in [0.15, 0.2) is 0 Å². The second-order valence-corrected chi connectivity index (χ2v) is 9.60. The van der Waals surface area contributed by atoms with E-state index in [0.717, 1.165) is 63.5 Å². The third-order valence-corrected chi connectivity index (χ3v) is 6.98. The molecule has 1 unspecified atom stereocenters. The van der Waals surface area contributed by atoms with Crippen LogP contribution in [0.1, 0.15) is 43.2 Å². The van der Waals surface area contributed by atoms with Gasteiger partial charge in [0.1, 0.15) is 11.5 Å². The Kier molecular flexibility index (Phi) is 8.65. The van der Waals surface area contributed by atoms with Crippen LogP contribution < -0.4 is 9.47 Å². The molecule has 4 rings (SSSR count). The number of rotatable bonds is 11. The molecular weight excluding hydrogens is 412 g/mol. The first-order valence-electron chi connectivity index (χ1n) is 12.7. The summed E-state index contributed by atoms with van der Waals surface area (Å²) in [5, 5.41) is 9.66. The minimum Gasteiger partial charge on any atom is -0.494 e. The zero-order chi connectivity index (χ0) is 23.0. The van der Waals surface area contributed by atoms with E-state index < -0.39 is 0 Å². The van der Waals surface area contributed by atoms with Gasteiger partial charge in [-0.3, -0.25) is 0 Å². The largest absolute Gasteiger partial charge is 0.494 e. The van der Waals surface area contributed by atoms with Gasteiger partial charge >= 0.3 is 0 Å². The number of aliphatic hydroxyl groups is 1. The van der Waals surface area contributed by atoms with Crippen molar-refractivity contribution >= 4 is 0 Å². The van der Waals surface area contributed by atoms with Gasteiger partial charge in [0.2, 0.25) is 0 Å². The standard InChI is InChI=1S/C28H40N2O3/c1-22-20-25(32-18-6-15-29-13-3-4-14-29)10-11-26(22)27-8-5-9-28(23(27)2)33-19-7-16-30-17-12-24(31)21-30/h5,8-11,20,24,31H,3-4,6-7,12-19,21H2,1-2H3. The minimum atomic E-state index is -0.153. The number of benzene rings is 2. The number of aryl methyl sites for hydroxylation is 1. The maximum Gasteiger partial charge on any atom is 0.122 e. The number of ether oxygens (including phenoxy) is 2. The predicted molar refractivity (Wildman–Crippen MR) is 134 cm³/mol. The van der Waals surface area contributed by atoms with E-state index in [0.29, 0.717) is 6.61 Å². The molecule has 2 heterocycles. The Morgan fingerprint density at radius 2 is 1.64 bits per heavy atom. The van der Waals surface area contributed by atoms with Crippen LogP contribution in [0.5, 0.6) is 11.5 Å². The monoisotopic (exact) mass is 452 g/mol. The maximum atomic E-state index is 9.66. The van der Waals surface area contributed by atoms with E-state index in [2.05, 4.69) is 60.0 Å². The van der Waals surface area contributed by atoms with Crippen molar-refractivity contribution in [2.24, 2.45) is 0 Å². The smallest absolute Gasteiger partial charge is 0.122 e. The van der Waals surface area contributed by atoms with Crippen molar-refractivity contribution in [2.45, 2.75) is 52.1 Å². The molecule has 0 spiro atoms. The molecule has 1 N–H and O–H groups in total. The van der Waals surface area contributed by atoms with Crippen LogP contribution in [0.2, 0.25) is 0 Å². The molecule has 5 heteroatoms. The zero-order valence-electron chi connectivity index (χ0n) is 20.4. The van der Waals surface area contributed by atoms with Crippen molar-refractivity contribution in [1.82, 2.24) is 9.80 Å². The molecule has 2 aliphatic heterocycles. The quantitative estimate of drug-likeness (QED) is 0.502. The van der Waals surface area contributed by atoms with Crippen LogP contribution in [-0.2, 0) is 0 Å². The average molecular weight is 453 g/mol. The number of nitrogens with zero attached hydrogens (tertiary/aromatic N) is 2. The summed E-state index contributed by atoms with van der Waals surface area (Å²) in [5.74, 6) is 1.91. The Morgan fingerprint density at radius 3 is 2.36 bits per heavy atom. The lowest BCUT2D eigenvalue weighted by Gasteiger charge is -2.17. The molecule has 2 aromatic carbocycles. The Hall–Kier alpha value is -2.08. The van der Waals surface area contributed by atoms with E-state index in [-0.39, 0.29) is 6.10 Å². The van der Waals surface area contributed by atoms with Crippen molar-refractivity contribution in [3.8, 4) is 22.6 Å². The summed E-state index contributed by atoms with van der Waals surface area (Å²) in [7, 11) is 0. The third-order valence-electron chi connectivity index (χ3n) is 6.98. The lowest BCUT2D eigenvalue weighted by Crippen LogP contribution is -2.24. The number of aliphatic hydroxyl groups excluding tert-OH is 1. The van der Waals surface area contributed by atoms with Gasteiger partial charge in [-0.15, -0.1) is 0 Å². The topological polar surface area (TPSA) is 45.2 Å². The molecule has 0 aliphatic carbocycles. The summed E-state index contributed by atoms with van der Waals surface area (Å²) in [6.07, 6.45) is 5.48. The van der Waals surface area contributed by atoms with E-state index >= 15 is 0 Å². The van der Waals surface area contributed by atoms with E-state index in [9.17, 15) is 5.11 Å². The predicted octanol–water partition coefficient (Wildman–Crippen LogP) is 4.67. The molecule has 0 radical (unpaired) electrons. The van der Waals surface area contributed by atoms with Crippen LogP contribution in [0.15, 0.2) is 36.4 Å². The summed E-state index contributed by atoms with van der Waals surface area (Å²) < 4.78 is 12.2. The number of likely N-dealkylation sites (tertiary alicyclic amines) is 2. The Bertz CT molecular complexity index is 895. The van der Waals surface area contributed by atoms with E-state index in [1.807, 2.05) is 0 Å². The summed E-state index contributed by atoms with van der Waals surface area (Å²) in [6, 6.07) is 12.7. The first-order valence-corrected chi connectivity index (χ1v) is 12.7. The van der Waals surface area contributed by atoms with Crippen molar-refractivity contribution in [3.05, 3.63) is 47.5 Å². The van der Waals surface area contributed by atoms with Crippen LogP contribution in [0.25, 0.3) is 11.1 Å². The van der Waals surface area contributed by atoms with Gasteiger partial charge in [0.25, 0.3) is 0 Å². The van der Waals surface area contributed by atoms with E-state index in [1.54, 1.807) is 0 Å². The van der Waals surface area contributed by atoms with Gasteiger partial charge in [-0.1, -0.05) is 18.2 Å². The highest BCUT2D eigenvalue weighted by molar-refractivity contribution is 5.73. The second kappa shape index (κ2) is 11.9. The molecule has 0 amide bonds. The Labute approximate surface area is 199 Å². The van der Waals surface area contributed by atoms with Gasteiger partial charge in [0, 0.05) is 26.2 Å². The maximum absolute atomic E-state index is 9.66. The second-order valence-electron chi connectivity index (χ2n) is 9.60. The van der Waals surface area contributed by atoms with Crippen molar-refractivity contribution in [3.63, 3.8) is 0 Å². The molecular formula is C28H40N2O3. The van der Waals surface area contributed by atoms with Gasteiger partial charge in [-0.2, -0.15) is 0 Å². The lowest BCUT2D eigenvalue weighted by atomic mass is 9.96. The summed E-state index contributed by atoms with van der Waals surface area (Å²) in [5.41, 5.74) is 4.85. The van der Waals surface area contributed by atoms with E-state index in [4.69, 9.17) is 9.47 Å². The van der Waals surface area contributed by atoms with Gasteiger partial charge in [0.05, 0.1) is 19.3 Å². The minimum absolute atomic E-state index is 0.153. The van der Waals surface area contributed by atoms with Crippen LogP contribution >= 0.6 is 0 Å². The highest BCUT2D eigenvalue weighted by Crippen LogP contribution is 2.33. The first kappa shape index (κ1) is 24.1. The molecule has 180 valence electrons. The molecule has 33 heavy (non-hydrogen) atoms. The SMILES string of the molecule is Cc1cc(OCCCN2CCCC2)ccc1-c1cccc(OCCCN2CCC(O)C2)c1C. The summed E-state index contributed by atoms with van der Waals surface area (Å²) >= 11 is 0. The van der Waals surface area contributed by atoms with Crippen LogP contribution in [-0.4, -0.2) is 73.5 Å². The molecule has 2 aliphatic rings. The molecule has 1 atom stereocenters.